The lowest BCUT2D eigenvalue weighted by molar-refractivity contribution is -0.137. The second-order valence-electron chi connectivity index (χ2n) is 7.30. The van der Waals surface area contributed by atoms with Crippen molar-refractivity contribution in [2.45, 2.75) is 43.5 Å². The number of halogens is 1. The first-order chi connectivity index (χ1) is 13.3. The van der Waals surface area contributed by atoms with Crippen molar-refractivity contribution in [2.75, 3.05) is 0 Å². The maximum absolute atomic E-state index is 14.1. The van der Waals surface area contributed by atoms with Gasteiger partial charge in [-0.05, 0) is 54.1 Å². The molecule has 5 nitrogen and oxygen atoms in total. The Balaban J connectivity index is 1.97. The van der Waals surface area contributed by atoms with E-state index in [4.69, 9.17) is 0 Å². The van der Waals surface area contributed by atoms with E-state index in [1.165, 1.54) is 6.07 Å². The summed E-state index contributed by atoms with van der Waals surface area (Å²) in [4.78, 5) is 11.3. The molecule has 0 fully saturated rings. The maximum atomic E-state index is 14.1. The number of hydrogen-bond acceptors (Lipinski definition) is 3. The molecule has 0 aliphatic heterocycles. The average molecular weight is 400 g/mol. The van der Waals surface area contributed by atoms with Gasteiger partial charge in [-0.2, -0.15) is 0 Å². The molecule has 0 spiro atoms. The molecule has 146 valence electrons. The van der Waals surface area contributed by atoms with E-state index in [-0.39, 0.29) is 17.2 Å². The van der Waals surface area contributed by atoms with Crippen LogP contribution >= 0.6 is 0 Å². The molecule has 1 heterocycles. The molecule has 0 bridgehead atoms. The number of carboxylic acids is 1. The molecule has 2 aromatic carbocycles. The fraction of sp³-hybridized carbons (Fsp3) is 0.286. The normalized spacial score (nSPS) is 17.0. The van der Waals surface area contributed by atoms with Crippen LogP contribution in [0.5, 0.6) is 0 Å². The number of nitrogens with zero attached hydrogens (tertiary/aromatic N) is 1. The van der Waals surface area contributed by atoms with Crippen LogP contribution in [-0.4, -0.2) is 24.4 Å². The molecule has 1 aliphatic rings. The Labute approximate surface area is 164 Å². The Morgan fingerprint density at radius 3 is 2.68 bits per heavy atom. The van der Waals surface area contributed by atoms with Crippen LogP contribution in [0, 0.1) is 12.7 Å². The standard InChI is InChI=1S/C21H20FNO4S/c1-12-2-4-13(5-3-12)11-23-20-14(8-19(24)25)6-7-16(20)17-9-15(22)10-18(21(17)23)28(26)27/h2-5,9-10,14H,6-8,11H2,1H3,(H,24,25)(H,26,27)/p-1/t14-/m1/s1. The molecule has 3 aromatic rings. The number of rotatable bonds is 5. The number of carbonyl (C=O) groups is 1. The number of aromatic nitrogens is 1. The quantitative estimate of drug-likeness (QED) is 0.659. The fourth-order valence-corrected chi connectivity index (χ4v) is 4.85. The lowest BCUT2D eigenvalue weighted by atomic mass is 10.0. The molecular formula is C21H19FNO4S-. The Morgan fingerprint density at radius 2 is 2.04 bits per heavy atom. The highest BCUT2D eigenvalue weighted by atomic mass is 32.2. The van der Waals surface area contributed by atoms with Crippen LogP contribution in [0.25, 0.3) is 10.9 Å². The zero-order valence-corrected chi connectivity index (χ0v) is 16.1. The van der Waals surface area contributed by atoms with Gasteiger partial charge in [0.05, 0.1) is 16.8 Å². The Bertz CT molecular complexity index is 1100. The summed E-state index contributed by atoms with van der Waals surface area (Å²) in [6, 6.07) is 10.3. The molecule has 28 heavy (non-hydrogen) atoms. The fourth-order valence-electron chi connectivity index (χ4n) is 4.27. The third kappa shape index (κ3) is 3.25. The van der Waals surface area contributed by atoms with Gasteiger partial charge in [-0.25, -0.2) is 4.39 Å². The van der Waals surface area contributed by atoms with Crippen LogP contribution in [0.2, 0.25) is 0 Å². The molecular weight excluding hydrogens is 381 g/mol. The van der Waals surface area contributed by atoms with E-state index < -0.39 is 22.9 Å². The van der Waals surface area contributed by atoms with Gasteiger partial charge in [0, 0.05) is 23.5 Å². The third-order valence-electron chi connectivity index (χ3n) is 5.43. The molecule has 1 aromatic heterocycles. The summed E-state index contributed by atoms with van der Waals surface area (Å²) in [5.41, 5.74) is 4.21. The minimum absolute atomic E-state index is 0.0322. The summed E-state index contributed by atoms with van der Waals surface area (Å²) in [5.74, 6) is -1.73. The van der Waals surface area contributed by atoms with Gasteiger partial charge in [-0.3, -0.25) is 9.00 Å². The zero-order valence-electron chi connectivity index (χ0n) is 15.3. The van der Waals surface area contributed by atoms with Crippen molar-refractivity contribution >= 4 is 28.0 Å². The zero-order chi connectivity index (χ0) is 20.0. The van der Waals surface area contributed by atoms with Gasteiger partial charge in [-0.15, -0.1) is 0 Å². The van der Waals surface area contributed by atoms with Gasteiger partial charge in [0.15, 0.2) is 0 Å². The highest BCUT2D eigenvalue weighted by Crippen LogP contribution is 2.43. The first-order valence-electron chi connectivity index (χ1n) is 9.06. The summed E-state index contributed by atoms with van der Waals surface area (Å²) in [6.45, 7) is 2.38. The van der Waals surface area contributed by atoms with Crippen molar-refractivity contribution < 1.29 is 23.1 Å². The monoisotopic (exact) mass is 400 g/mol. The Morgan fingerprint density at radius 1 is 1.32 bits per heavy atom. The largest absolute Gasteiger partial charge is 0.768 e. The minimum atomic E-state index is -2.61. The summed E-state index contributed by atoms with van der Waals surface area (Å²) >= 11 is -2.61. The smallest absolute Gasteiger partial charge is 0.304 e. The number of carboxylic acid groups (broad SMARTS) is 1. The maximum Gasteiger partial charge on any atom is 0.304 e. The van der Waals surface area contributed by atoms with Crippen molar-refractivity contribution in [3.63, 3.8) is 0 Å². The predicted octanol–water partition coefficient (Wildman–Crippen LogP) is 3.88. The average Bonchev–Trinajstić information content (AvgIpc) is 3.16. The molecule has 0 radical (unpaired) electrons. The lowest BCUT2D eigenvalue weighted by Gasteiger charge is -2.18. The van der Waals surface area contributed by atoms with Gasteiger partial charge in [0.1, 0.15) is 5.82 Å². The molecule has 1 aliphatic carbocycles. The van der Waals surface area contributed by atoms with E-state index in [9.17, 15) is 23.1 Å². The first-order valence-corrected chi connectivity index (χ1v) is 10.1. The van der Waals surface area contributed by atoms with Crippen molar-refractivity contribution in [1.82, 2.24) is 4.57 Å². The van der Waals surface area contributed by atoms with Crippen LogP contribution in [0.3, 0.4) is 0 Å². The Hall–Kier alpha value is -2.51. The number of benzene rings is 2. The second-order valence-corrected chi connectivity index (χ2v) is 8.21. The second kappa shape index (κ2) is 7.14. The SMILES string of the molecule is Cc1ccc(Cn2c3c(c4cc(F)cc(S(=O)[O-])c42)CC[C@@H]3CC(=O)O)cc1. The van der Waals surface area contributed by atoms with E-state index in [0.29, 0.717) is 30.3 Å². The molecule has 0 amide bonds. The van der Waals surface area contributed by atoms with Crippen LogP contribution in [0.4, 0.5) is 4.39 Å². The predicted molar refractivity (Wildman–Crippen MR) is 103 cm³/mol. The van der Waals surface area contributed by atoms with Gasteiger partial charge >= 0.3 is 5.97 Å². The molecule has 0 saturated heterocycles. The number of fused-ring (bicyclic) bond motifs is 3. The number of aliphatic carboxylic acids is 1. The highest BCUT2D eigenvalue weighted by molar-refractivity contribution is 7.79. The van der Waals surface area contributed by atoms with Gasteiger partial charge in [-0.1, -0.05) is 29.8 Å². The van der Waals surface area contributed by atoms with Crippen LogP contribution in [-0.2, 0) is 28.8 Å². The molecule has 4 rings (SSSR count). The van der Waals surface area contributed by atoms with E-state index >= 15 is 0 Å². The van der Waals surface area contributed by atoms with Crippen molar-refractivity contribution in [1.29, 1.82) is 0 Å². The molecule has 1 unspecified atom stereocenters. The minimum Gasteiger partial charge on any atom is -0.768 e. The molecule has 0 saturated carbocycles. The van der Waals surface area contributed by atoms with Crippen molar-refractivity contribution in [2.24, 2.45) is 0 Å². The highest BCUT2D eigenvalue weighted by Gasteiger charge is 2.32. The van der Waals surface area contributed by atoms with Crippen LogP contribution in [0.1, 0.15) is 41.1 Å². The Kier molecular flexibility index (Phi) is 4.81. The van der Waals surface area contributed by atoms with Gasteiger partial charge in [0.25, 0.3) is 0 Å². The summed E-state index contributed by atoms with van der Waals surface area (Å²) in [5, 5.41) is 9.87. The topological polar surface area (TPSA) is 82.4 Å². The number of aryl methyl sites for hydroxylation is 2. The molecule has 2 atom stereocenters. The van der Waals surface area contributed by atoms with Crippen LogP contribution < -0.4 is 0 Å². The molecule has 1 N–H and O–H groups in total. The number of hydrogen-bond donors (Lipinski definition) is 1. The first kappa shape index (κ1) is 18.8. The van der Waals surface area contributed by atoms with E-state index in [0.717, 1.165) is 28.5 Å². The lowest BCUT2D eigenvalue weighted by Crippen LogP contribution is -2.11. The van der Waals surface area contributed by atoms with E-state index in [1.807, 2.05) is 35.8 Å². The van der Waals surface area contributed by atoms with E-state index in [2.05, 4.69) is 0 Å². The van der Waals surface area contributed by atoms with Crippen molar-refractivity contribution in [3.8, 4) is 0 Å². The van der Waals surface area contributed by atoms with E-state index in [1.54, 1.807) is 0 Å². The van der Waals surface area contributed by atoms with Crippen molar-refractivity contribution in [3.05, 3.63) is 64.6 Å². The molecule has 7 heteroatoms. The van der Waals surface area contributed by atoms with Gasteiger partial charge < -0.3 is 14.2 Å². The third-order valence-corrected chi connectivity index (χ3v) is 6.10. The summed E-state index contributed by atoms with van der Waals surface area (Å²) in [7, 11) is 0. The van der Waals surface area contributed by atoms with Gasteiger partial charge in [0.2, 0.25) is 0 Å². The summed E-state index contributed by atoms with van der Waals surface area (Å²) < 4.78 is 39.7. The van der Waals surface area contributed by atoms with Crippen LogP contribution in [0.15, 0.2) is 41.3 Å². The summed E-state index contributed by atoms with van der Waals surface area (Å²) in [6.07, 6.45) is 1.24.